The van der Waals surface area contributed by atoms with Gasteiger partial charge < -0.3 is 10.3 Å². The maximum atomic E-state index is 12.1. The first-order valence-electron chi connectivity index (χ1n) is 7.07. The highest BCUT2D eigenvalue weighted by Gasteiger charge is 2.23. The van der Waals surface area contributed by atoms with E-state index in [0.717, 1.165) is 30.0 Å². The molecule has 5 nitrogen and oxygen atoms in total. The van der Waals surface area contributed by atoms with E-state index in [1.807, 2.05) is 0 Å². The maximum absolute atomic E-state index is 12.1. The van der Waals surface area contributed by atoms with Crippen molar-refractivity contribution in [3.05, 3.63) is 33.9 Å². The van der Waals surface area contributed by atoms with Crippen LogP contribution in [0, 0.1) is 0 Å². The molecule has 2 aromatic rings. The first-order chi connectivity index (χ1) is 9.24. The summed E-state index contributed by atoms with van der Waals surface area (Å²) < 4.78 is 3.68. The van der Waals surface area contributed by atoms with Crippen LogP contribution in [0.4, 0.5) is 0 Å². The van der Waals surface area contributed by atoms with E-state index in [1.165, 1.54) is 23.8 Å². The molecule has 102 valence electrons. The number of nitrogens with zero attached hydrogens (tertiary/aromatic N) is 3. The summed E-state index contributed by atoms with van der Waals surface area (Å²) in [5.41, 5.74) is 8.55. The standard InChI is InChI=1S/C14H20N4O/c1-2-17-11(6-7-15)8-14(19)18-13(17)9-12(16-18)10-4-3-5-10/h8-10H,2-7,15H2,1H3. The molecule has 0 radical (unpaired) electrons. The number of aromatic nitrogens is 3. The molecular formula is C14H20N4O. The van der Waals surface area contributed by atoms with Crippen molar-refractivity contribution in [1.29, 1.82) is 0 Å². The van der Waals surface area contributed by atoms with Gasteiger partial charge in [0, 0.05) is 36.7 Å². The van der Waals surface area contributed by atoms with Crippen molar-refractivity contribution in [3.8, 4) is 0 Å². The van der Waals surface area contributed by atoms with Crippen molar-refractivity contribution in [2.75, 3.05) is 6.54 Å². The van der Waals surface area contributed by atoms with Crippen LogP contribution < -0.4 is 11.3 Å². The molecule has 0 atom stereocenters. The number of aryl methyl sites for hydroxylation is 1. The number of fused-ring (bicyclic) bond motifs is 1. The van der Waals surface area contributed by atoms with Crippen LogP contribution in [0.2, 0.25) is 0 Å². The van der Waals surface area contributed by atoms with Gasteiger partial charge in [-0.2, -0.15) is 9.61 Å². The van der Waals surface area contributed by atoms with E-state index in [2.05, 4.69) is 22.7 Å². The van der Waals surface area contributed by atoms with Crippen LogP contribution in [0.1, 0.15) is 43.5 Å². The minimum absolute atomic E-state index is 0.0475. The fraction of sp³-hybridized carbons (Fsp3) is 0.571. The predicted molar refractivity (Wildman–Crippen MR) is 74.5 cm³/mol. The number of hydrogen-bond donors (Lipinski definition) is 1. The van der Waals surface area contributed by atoms with Crippen molar-refractivity contribution < 1.29 is 0 Å². The summed E-state index contributed by atoms with van der Waals surface area (Å²) >= 11 is 0. The summed E-state index contributed by atoms with van der Waals surface area (Å²) in [4.78, 5) is 12.1. The SMILES string of the molecule is CCn1c(CCN)cc(=O)n2nc(C3CCC3)cc12. The number of hydrogen-bond acceptors (Lipinski definition) is 3. The topological polar surface area (TPSA) is 65.3 Å². The molecule has 0 aromatic carbocycles. The Morgan fingerprint density at radius 1 is 1.42 bits per heavy atom. The molecular weight excluding hydrogens is 240 g/mol. The molecule has 1 fully saturated rings. The Balaban J connectivity index is 2.18. The summed E-state index contributed by atoms with van der Waals surface area (Å²) in [6.07, 6.45) is 4.39. The van der Waals surface area contributed by atoms with Gasteiger partial charge in [0.2, 0.25) is 0 Å². The second kappa shape index (κ2) is 4.81. The van der Waals surface area contributed by atoms with Crippen molar-refractivity contribution in [2.24, 2.45) is 5.73 Å². The lowest BCUT2D eigenvalue weighted by Gasteiger charge is -2.22. The molecule has 5 heteroatoms. The average Bonchev–Trinajstić information content (AvgIpc) is 2.72. The van der Waals surface area contributed by atoms with Crippen LogP contribution in [0.5, 0.6) is 0 Å². The van der Waals surface area contributed by atoms with Crippen LogP contribution in [0.25, 0.3) is 5.65 Å². The first-order valence-corrected chi connectivity index (χ1v) is 7.07. The average molecular weight is 260 g/mol. The summed E-state index contributed by atoms with van der Waals surface area (Å²) in [5.74, 6) is 0.544. The molecule has 1 aliphatic rings. The van der Waals surface area contributed by atoms with Gasteiger partial charge in [0.05, 0.1) is 5.69 Å². The van der Waals surface area contributed by atoms with Crippen LogP contribution in [-0.2, 0) is 13.0 Å². The third-order valence-corrected chi connectivity index (χ3v) is 4.07. The summed E-state index contributed by atoms with van der Waals surface area (Å²) in [7, 11) is 0. The van der Waals surface area contributed by atoms with E-state index >= 15 is 0 Å². The quantitative estimate of drug-likeness (QED) is 0.900. The Hall–Kier alpha value is -1.62. The van der Waals surface area contributed by atoms with Gasteiger partial charge >= 0.3 is 0 Å². The van der Waals surface area contributed by atoms with Crippen LogP contribution in [0.3, 0.4) is 0 Å². The first kappa shape index (κ1) is 12.4. The lowest BCUT2D eigenvalue weighted by molar-refractivity contribution is 0.409. The monoisotopic (exact) mass is 260 g/mol. The second-order valence-corrected chi connectivity index (χ2v) is 5.22. The van der Waals surface area contributed by atoms with Crippen molar-refractivity contribution in [1.82, 2.24) is 14.2 Å². The molecule has 19 heavy (non-hydrogen) atoms. The molecule has 0 aliphatic heterocycles. The molecule has 0 bridgehead atoms. The normalized spacial score (nSPS) is 15.9. The fourth-order valence-electron chi connectivity index (χ4n) is 2.80. The van der Waals surface area contributed by atoms with Gasteiger partial charge in [-0.25, -0.2) is 0 Å². The zero-order valence-electron chi connectivity index (χ0n) is 11.3. The Morgan fingerprint density at radius 3 is 2.79 bits per heavy atom. The van der Waals surface area contributed by atoms with Gasteiger partial charge in [-0.15, -0.1) is 0 Å². The van der Waals surface area contributed by atoms with Gasteiger partial charge in [-0.3, -0.25) is 4.79 Å². The summed E-state index contributed by atoms with van der Waals surface area (Å²) in [5, 5.41) is 4.50. The Bertz CT molecular complexity index is 651. The second-order valence-electron chi connectivity index (χ2n) is 5.22. The van der Waals surface area contributed by atoms with Gasteiger partial charge in [0.15, 0.2) is 0 Å². The van der Waals surface area contributed by atoms with E-state index in [-0.39, 0.29) is 5.56 Å². The highest BCUT2D eigenvalue weighted by molar-refractivity contribution is 5.43. The predicted octanol–water partition coefficient (Wildman–Crippen LogP) is 1.28. The Morgan fingerprint density at radius 2 is 2.21 bits per heavy atom. The van der Waals surface area contributed by atoms with E-state index in [4.69, 9.17) is 5.73 Å². The van der Waals surface area contributed by atoms with Crippen LogP contribution in [0.15, 0.2) is 16.9 Å². The molecule has 0 saturated heterocycles. The van der Waals surface area contributed by atoms with Gasteiger partial charge in [-0.1, -0.05) is 6.42 Å². The molecule has 0 unspecified atom stereocenters. The van der Waals surface area contributed by atoms with Gasteiger partial charge in [0.25, 0.3) is 5.56 Å². The van der Waals surface area contributed by atoms with E-state index in [0.29, 0.717) is 12.5 Å². The largest absolute Gasteiger partial charge is 0.330 e. The fourth-order valence-corrected chi connectivity index (χ4v) is 2.80. The van der Waals surface area contributed by atoms with Crippen molar-refractivity contribution in [3.63, 3.8) is 0 Å². The molecule has 2 aromatic heterocycles. The Kier molecular flexibility index (Phi) is 3.14. The van der Waals surface area contributed by atoms with Gasteiger partial charge in [-0.05, 0) is 26.3 Å². The van der Waals surface area contributed by atoms with Crippen LogP contribution >= 0.6 is 0 Å². The van der Waals surface area contributed by atoms with Crippen molar-refractivity contribution in [2.45, 2.75) is 45.1 Å². The summed E-state index contributed by atoms with van der Waals surface area (Å²) in [6.45, 7) is 3.47. The minimum Gasteiger partial charge on any atom is -0.330 e. The molecule has 1 saturated carbocycles. The van der Waals surface area contributed by atoms with Crippen molar-refractivity contribution >= 4 is 5.65 Å². The number of rotatable bonds is 4. The third-order valence-electron chi connectivity index (χ3n) is 4.07. The zero-order chi connectivity index (χ0) is 13.4. The zero-order valence-corrected chi connectivity index (χ0v) is 11.3. The lowest BCUT2D eigenvalue weighted by atomic mass is 9.83. The van der Waals surface area contributed by atoms with Crippen LogP contribution in [-0.4, -0.2) is 20.7 Å². The highest BCUT2D eigenvalue weighted by Crippen LogP contribution is 2.35. The maximum Gasteiger partial charge on any atom is 0.274 e. The minimum atomic E-state index is -0.0475. The lowest BCUT2D eigenvalue weighted by Crippen LogP contribution is -2.22. The molecule has 2 heterocycles. The smallest absolute Gasteiger partial charge is 0.274 e. The summed E-state index contributed by atoms with van der Waals surface area (Å²) in [6, 6.07) is 3.75. The highest BCUT2D eigenvalue weighted by atomic mass is 16.1. The molecule has 0 spiro atoms. The number of nitrogens with two attached hydrogens (primary N) is 1. The van der Waals surface area contributed by atoms with E-state index < -0.39 is 0 Å². The molecule has 3 rings (SSSR count). The molecule has 0 amide bonds. The van der Waals surface area contributed by atoms with E-state index in [9.17, 15) is 4.79 Å². The third kappa shape index (κ3) is 1.98. The molecule has 2 N–H and O–H groups in total. The Labute approximate surface area is 112 Å². The molecule has 1 aliphatic carbocycles. The van der Waals surface area contributed by atoms with Gasteiger partial charge in [0.1, 0.15) is 5.65 Å². The van der Waals surface area contributed by atoms with E-state index in [1.54, 1.807) is 6.07 Å².